The second-order valence-corrected chi connectivity index (χ2v) is 7.02. The molecule has 2 aliphatic heterocycles. The molecule has 132 valence electrons. The third-order valence-corrected chi connectivity index (χ3v) is 4.96. The van der Waals surface area contributed by atoms with E-state index in [1.165, 1.54) is 6.92 Å². The van der Waals surface area contributed by atoms with E-state index in [0.29, 0.717) is 18.8 Å². The predicted molar refractivity (Wildman–Crippen MR) is 80.5 cm³/mol. The minimum absolute atomic E-state index is 0.101. The minimum atomic E-state index is -0.681. The van der Waals surface area contributed by atoms with Gasteiger partial charge in [-0.3, -0.25) is 4.79 Å². The number of ether oxygens (including phenoxy) is 4. The van der Waals surface area contributed by atoms with Gasteiger partial charge in [0.2, 0.25) is 0 Å². The lowest BCUT2D eigenvalue weighted by Gasteiger charge is -2.45. The fourth-order valence-electron chi connectivity index (χ4n) is 4.06. The second kappa shape index (κ2) is 6.55. The Labute approximate surface area is 140 Å². The lowest BCUT2D eigenvalue weighted by atomic mass is 9.65. The van der Waals surface area contributed by atoms with Crippen LogP contribution in [-0.4, -0.2) is 43.0 Å². The first-order valence-electron chi connectivity index (χ1n) is 8.19. The van der Waals surface area contributed by atoms with Crippen molar-refractivity contribution >= 4 is 17.9 Å². The fourth-order valence-corrected chi connectivity index (χ4v) is 4.06. The van der Waals surface area contributed by atoms with Gasteiger partial charge in [-0.2, -0.15) is 0 Å². The third-order valence-electron chi connectivity index (χ3n) is 4.96. The average molecular weight is 338 g/mol. The highest BCUT2D eigenvalue weighted by Crippen LogP contribution is 2.51. The van der Waals surface area contributed by atoms with Gasteiger partial charge < -0.3 is 18.9 Å². The summed E-state index contributed by atoms with van der Waals surface area (Å²) in [6.07, 6.45) is 3.77. The normalized spacial score (nSPS) is 33.5. The summed E-state index contributed by atoms with van der Waals surface area (Å²) in [6, 6.07) is 0. The Morgan fingerprint density at radius 2 is 2.04 bits per heavy atom. The van der Waals surface area contributed by atoms with Crippen molar-refractivity contribution in [2.75, 3.05) is 13.4 Å². The molecule has 2 heterocycles. The van der Waals surface area contributed by atoms with Crippen LogP contribution < -0.4 is 0 Å². The number of hydrogen-bond acceptors (Lipinski definition) is 7. The van der Waals surface area contributed by atoms with Gasteiger partial charge in [0, 0.05) is 12.0 Å². The Morgan fingerprint density at radius 3 is 2.79 bits per heavy atom. The van der Waals surface area contributed by atoms with Gasteiger partial charge >= 0.3 is 17.9 Å². The Balaban J connectivity index is 1.48. The Hall–Kier alpha value is -1.89. The molecule has 2 saturated carbocycles. The molecule has 7 heteroatoms. The SMILES string of the molecule is C=C(C)C(=O)OCC(=O)OCOC12CC3CC(C1)OC(=O)C(C3)C2. The average Bonchev–Trinajstić information content (AvgIpc) is 2.66. The predicted octanol–water partition coefficient (Wildman–Crippen LogP) is 1.50. The molecule has 2 aliphatic carbocycles. The molecule has 4 fully saturated rings. The number of esters is 3. The van der Waals surface area contributed by atoms with Crippen molar-refractivity contribution in [3.05, 3.63) is 12.2 Å². The highest BCUT2D eigenvalue weighted by atomic mass is 16.7. The Bertz CT molecular complexity index is 569. The van der Waals surface area contributed by atoms with Crippen LogP contribution in [-0.2, 0) is 33.3 Å². The van der Waals surface area contributed by atoms with Crippen LogP contribution in [0.15, 0.2) is 12.2 Å². The molecular weight excluding hydrogens is 316 g/mol. The number of hydrogen-bond donors (Lipinski definition) is 0. The zero-order valence-electron chi connectivity index (χ0n) is 13.7. The van der Waals surface area contributed by atoms with Crippen molar-refractivity contribution in [2.45, 2.75) is 50.7 Å². The van der Waals surface area contributed by atoms with Crippen LogP contribution in [0.2, 0.25) is 0 Å². The molecule has 0 aromatic carbocycles. The first-order chi connectivity index (χ1) is 11.4. The van der Waals surface area contributed by atoms with Crippen molar-refractivity contribution < 1.29 is 33.3 Å². The van der Waals surface area contributed by atoms with Crippen LogP contribution in [0.3, 0.4) is 0 Å². The van der Waals surface area contributed by atoms with Gasteiger partial charge in [-0.05, 0) is 38.5 Å². The molecule has 24 heavy (non-hydrogen) atoms. The zero-order chi connectivity index (χ0) is 17.3. The van der Waals surface area contributed by atoms with E-state index in [9.17, 15) is 14.4 Å². The van der Waals surface area contributed by atoms with Crippen LogP contribution in [0.5, 0.6) is 0 Å². The van der Waals surface area contributed by atoms with Crippen LogP contribution in [0.4, 0.5) is 0 Å². The van der Waals surface area contributed by atoms with Gasteiger partial charge in [0.15, 0.2) is 13.4 Å². The standard InChI is InChI=1S/C17H22O7/c1-10(2)15(19)21-8-14(18)22-9-23-17-5-11-3-12(6-17)16(20)24-13(4-11)7-17/h11-13H,1,3-9H2,2H3. The van der Waals surface area contributed by atoms with Crippen molar-refractivity contribution in [3.63, 3.8) is 0 Å². The lowest BCUT2D eigenvalue weighted by Crippen LogP contribution is -2.47. The van der Waals surface area contributed by atoms with E-state index in [1.54, 1.807) is 0 Å². The van der Waals surface area contributed by atoms with Crippen LogP contribution in [0.1, 0.15) is 39.0 Å². The zero-order valence-corrected chi connectivity index (χ0v) is 13.7. The number of fused-ring (bicyclic) bond motifs is 1. The summed E-state index contributed by atoms with van der Waals surface area (Å²) in [5.41, 5.74) is -0.245. The minimum Gasteiger partial charge on any atom is -0.462 e. The van der Waals surface area contributed by atoms with E-state index in [2.05, 4.69) is 6.58 Å². The summed E-state index contributed by atoms with van der Waals surface area (Å²) < 4.78 is 21.0. The van der Waals surface area contributed by atoms with E-state index >= 15 is 0 Å². The van der Waals surface area contributed by atoms with Crippen molar-refractivity contribution in [3.8, 4) is 0 Å². The van der Waals surface area contributed by atoms with Gasteiger partial charge in [-0.25, -0.2) is 9.59 Å². The maximum Gasteiger partial charge on any atom is 0.346 e. The van der Waals surface area contributed by atoms with Gasteiger partial charge in [-0.15, -0.1) is 0 Å². The molecule has 0 aromatic rings. The number of carbonyl (C=O) groups is 3. The Morgan fingerprint density at radius 1 is 1.25 bits per heavy atom. The van der Waals surface area contributed by atoms with Crippen molar-refractivity contribution in [1.29, 1.82) is 0 Å². The summed E-state index contributed by atoms with van der Waals surface area (Å²) in [4.78, 5) is 34.8. The molecule has 0 N–H and O–H groups in total. The topological polar surface area (TPSA) is 88.1 Å². The van der Waals surface area contributed by atoms with E-state index in [0.717, 1.165) is 19.3 Å². The van der Waals surface area contributed by atoms with E-state index < -0.39 is 24.1 Å². The monoisotopic (exact) mass is 338 g/mol. The van der Waals surface area contributed by atoms with E-state index in [4.69, 9.17) is 18.9 Å². The fraction of sp³-hybridized carbons (Fsp3) is 0.706. The van der Waals surface area contributed by atoms with Crippen LogP contribution in [0, 0.1) is 11.8 Å². The lowest BCUT2D eigenvalue weighted by molar-refractivity contribution is -0.196. The largest absolute Gasteiger partial charge is 0.462 e. The highest BCUT2D eigenvalue weighted by Gasteiger charge is 2.53. The second-order valence-electron chi connectivity index (χ2n) is 7.02. The molecule has 0 spiro atoms. The number of rotatable bonds is 6. The summed E-state index contributed by atoms with van der Waals surface area (Å²) >= 11 is 0. The molecule has 7 nitrogen and oxygen atoms in total. The first kappa shape index (κ1) is 17.0. The third kappa shape index (κ3) is 3.61. The molecule has 4 unspecified atom stereocenters. The van der Waals surface area contributed by atoms with Crippen molar-refractivity contribution in [1.82, 2.24) is 0 Å². The van der Waals surface area contributed by atoms with E-state index in [1.807, 2.05) is 0 Å². The molecule has 4 atom stereocenters. The summed E-state index contributed by atoms with van der Waals surface area (Å²) in [5, 5.41) is 0. The molecule has 0 amide bonds. The van der Waals surface area contributed by atoms with Gasteiger partial charge in [0.25, 0.3) is 0 Å². The van der Waals surface area contributed by atoms with Crippen LogP contribution >= 0.6 is 0 Å². The summed E-state index contributed by atoms with van der Waals surface area (Å²) in [6.45, 7) is 4.23. The summed E-state index contributed by atoms with van der Waals surface area (Å²) in [5.74, 6) is -1.15. The van der Waals surface area contributed by atoms with Crippen LogP contribution in [0.25, 0.3) is 0 Å². The molecular formula is C17H22O7. The highest BCUT2D eigenvalue weighted by molar-refractivity contribution is 5.88. The maximum absolute atomic E-state index is 12.0. The smallest absolute Gasteiger partial charge is 0.346 e. The molecule has 2 saturated heterocycles. The summed E-state index contributed by atoms with van der Waals surface area (Å²) in [7, 11) is 0. The first-order valence-corrected chi connectivity index (χ1v) is 8.19. The van der Waals surface area contributed by atoms with Gasteiger partial charge in [0.1, 0.15) is 6.10 Å². The number of carbonyl (C=O) groups excluding carboxylic acids is 3. The molecule has 4 bridgehead atoms. The van der Waals surface area contributed by atoms with E-state index in [-0.39, 0.29) is 30.4 Å². The van der Waals surface area contributed by atoms with Gasteiger partial charge in [0.05, 0.1) is 11.5 Å². The van der Waals surface area contributed by atoms with Crippen molar-refractivity contribution in [2.24, 2.45) is 11.8 Å². The molecule has 0 aromatic heterocycles. The molecule has 4 aliphatic rings. The van der Waals surface area contributed by atoms with Gasteiger partial charge in [-0.1, -0.05) is 6.58 Å². The maximum atomic E-state index is 12.0. The molecule has 0 radical (unpaired) electrons. The Kier molecular flexibility index (Phi) is 4.62. The molecule has 4 rings (SSSR count). The quantitative estimate of drug-likeness (QED) is 0.314.